The van der Waals surface area contributed by atoms with Crippen LogP contribution in [0.5, 0.6) is 0 Å². The smallest absolute Gasteiger partial charge is 0.342 e. The summed E-state index contributed by atoms with van der Waals surface area (Å²) in [5.74, 6) is -3.31. The van der Waals surface area contributed by atoms with E-state index in [4.69, 9.17) is 5.73 Å². The molecule has 0 amide bonds. The van der Waals surface area contributed by atoms with E-state index in [0.29, 0.717) is 12.1 Å². The van der Waals surface area contributed by atoms with Gasteiger partial charge in [-0.1, -0.05) is 38.1 Å². The number of aromatic amines is 1. The van der Waals surface area contributed by atoms with E-state index in [1.165, 1.54) is 0 Å². The summed E-state index contributed by atoms with van der Waals surface area (Å²) in [6.45, 7) is 6.58. The number of carboxylic acid groups (broad SMARTS) is 2. The second-order valence-electron chi connectivity index (χ2n) is 5.76. The highest BCUT2D eigenvalue weighted by Gasteiger charge is 2.26. The van der Waals surface area contributed by atoms with Crippen molar-refractivity contribution in [2.24, 2.45) is 0 Å². The van der Waals surface area contributed by atoms with Crippen LogP contribution >= 0.6 is 0 Å². The van der Waals surface area contributed by atoms with Crippen LogP contribution in [-0.4, -0.2) is 45.1 Å². The van der Waals surface area contributed by atoms with Gasteiger partial charge in [-0.2, -0.15) is 0 Å². The average Bonchev–Trinajstić information content (AvgIpc) is 2.58. The highest BCUT2D eigenvalue weighted by Crippen LogP contribution is 2.29. The van der Waals surface area contributed by atoms with E-state index in [-0.39, 0.29) is 11.4 Å². The number of aromatic carboxylic acids is 2. The summed E-state index contributed by atoms with van der Waals surface area (Å²) in [5.41, 5.74) is 4.71. The molecule has 0 unspecified atom stereocenters. The van der Waals surface area contributed by atoms with Gasteiger partial charge in [0, 0.05) is 12.1 Å². The number of benzene rings is 1. The fourth-order valence-corrected chi connectivity index (χ4v) is 2.82. The first-order valence-electron chi connectivity index (χ1n) is 8.14. The van der Waals surface area contributed by atoms with Crippen molar-refractivity contribution in [2.75, 3.05) is 18.8 Å². The van der Waals surface area contributed by atoms with Gasteiger partial charge in [0.25, 0.3) is 5.56 Å². The fraction of sp³-hybridized carbons (Fsp3) is 0.278. The standard InChI is InChI=1S/C18H21N3O5/c1-3-21(4-2)9-10-5-7-11(8-6-10)12-13(17(23)24)15(19)20-16(22)14(12)18(25)26/h5-8H,3-4,9H2,1-2H3,(H,23,24)(H,25,26)(H3,19,20,22). The van der Waals surface area contributed by atoms with Crippen LogP contribution in [0, 0.1) is 0 Å². The lowest BCUT2D eigenvalue weighted by molar-refractivity contribution is 0.0695. The van der Waals surface area contributed by atoms with E-state index in [1.54, 1.807) is 24.3 Å². The second kappa shape index (κ2) is 7.83. The van der Waals surface area contributed by atoms with Crippen LogP contribution in [0.2, 0.25) is 0 Å². The van der Waals surface area contributed by atoms with Gasteiger partial charge in [0.2, 0.25) is 0 Å². The number of hydrogen-bond acceptors (Lipinski definition) is 5. The third-order valence-corrected chi connectivity index (χ3v) is 4.22. The van der Waals surface area contributed by atoms with E-state index in [9.17, 15) is 24.6 Å². The molecule has 8 heteroatoms. The first kappa shape index (κ1) is 19.2. The number of nitrogens with zero attached hydrogens (tertiary/aromatic N) is 1. The van der Waals surface area contributed by atoms with Crippen molar-refractivity contribution in [1.82, 2.24) is 9.88 Å². The van der Waals surface area contributed by atoms with Gasteiger partial charge >= 0.3 is 11.9 Å². The van der Waals surface area contributed by atoms with Gasteiger partial charge in [0.15, 0.2) is 0 Å². The average molecular weight is 359 g/mol. The minimum absolute atomic E-state index is 0.194. The Kier molecular flexibility index (Phi) is 5.78. The SMILES string of the molecule is CCN(CC)Cc1ccc(-c2c(C(=O)O)c(N)[nH]c(=O)c2C(=O)O)cc1. The molecule has 0 spiro atoms. The van der Waals surface area contributed by atoms with E-state index in [0.717, 1.165) is 18.7 Å². The van der Waals surface area contributed by atoms with Gasteiger partial charge < -0.3 is 20.9 Å². The third-order valence-electron chi connectivity index (χ3n) is 4.22. The van der Waals surface area contributed by atoms with Crippen LogP contribution in [0.3, 0.4) is 0 Å². The summed E-state index contributed by atoms with van der Waals surface area (Å²) in [7, 11) is 0. The van der Waals surface area contributed by atoms with Crippen LogP contribution in [0.15, 0.2) is 29.1 Å². The number of carboxylic acids is 2. The topological polar surface area (TPSA) is 137 Å². The van der Waals surface area contributed by atoms with Gasteiger partial charge in [0.1, 0.15) is 16.9 Å². The van der Waals surface area contributed by atoms with Crippen LogP contribution in [0.4, 0.5) is 5.82 Å². The van der Waals surface area contributed by atoms with Gasteiger partial charge in [-0.05, 0) is 24.2 Å². The molecule has 0 bridgehead atoms. The number of aromatic nitrogens is 1. The quantitative estimate of drug-likeness (QED) is 0.592. The normalized spacial score (nSPS) is 10.9. The first-order valence-corrected chi connectivity index (χ1v) is 8.14. The molecule has 138 valence electrons. The zero-order chi connectivity index (χ0) is 19.4. The Morgan fingerprint density at radius 3 is 2.04 bits per heavy atom. The fourth-order valence-electron chi connectivity index (χ4n) is 2.82. The molecule has 2 rings (SSSR count). The predicted molar refractivity (Wildman–Crippen MR) is 97.5 cm³/mol. The van der Waals surface area contributed by atoms with Crippen molar-refractivity contribution in [2.45, 2.75) is 20.4 Å². The van der Waals surface area contributed by atoms with Crippen molar-refractivity contribution in [1.29, 1.82) is 0 Å². The summed E-state index contributed by atoms with van der Waals surface area (Å²) >= 11 is 0. The molecule has 0 fully saturated rings. The molecule has 0 atom stereocenters. The van der Waals surface area contributed by atoms with Crippen molar-refractivity contribution < 1.29 is 19.8 Å². The molecule has 0 saturated heterocycles. The number of nitrogens with two attached hydrogens (primary N) is 1. The van der Waals surface area contributed by atoms with Gasteiger partial charge in [-0.25, -0.2) is 9.59 Å². The number of nitrogens with one attached hydrogen (secondary N) is 1. The Morgan fingerprint density at radius 1 is 1.04 bits per heavy atom. The number of nitrogen functional groups attached to an aromatic ring is 1. The van der Waals surface area contributed by atoms with Crippen LogP contribution < -0.4 is 11.3 Å². The molecule has 2 aromatic rings. The zero-order valence-corrected chi connectivity index (χ0v) is 14.6. The number of rotatable bonds is 7. The Labute approximate surface area is 149 Å². The highest BCUT2D eigenvalue weighted by atomic mass is 16.4. The number of carbonyl (C=O) groups is 2. The lowest BCUT2D eigenvalue weighted by Gasteiger charge is -2.18. The van der Waals surface area contributed by atoms with E-state index in [2.05, 4.69) is 23.7 Å². The maximum atomic E-state index is 12.0. The van der Waals surface area contributed by atoms with Crippen molar-refractivity contribution in [3.8, 4) is 11.1 Å². The molecule has 1 aromatic carbocycles. The molecule has 1 aromatic heterocycles. The van der Waals surface area contributed by atoms with Crippen LogP contribution in [-0.2, 0) is 6.54 Å². The van der Waals surface area contributed by atoms with E-state index >= 15 is 0 Å². The monoisotopic (exact) mass is 359 g/mol. The van der Waals surface area contributed by atoms with Crippen molar-refractivity contribution in [3.05, 3.63) is 51.3 Å². The summed E-state index contributed by atoms with van der Waals surface area (Å²) in [4.78, 5) is 39.4. The molecule has 0 aliphatic heterocycles. The minimum atomic E-state index is -1.52. The molecule has 26 heavy (non-hydrogen) atoms. The Bertz CT molecular complexity index is 883. The summed E-state index contributed by atoms with van der Waals surface area (Å²) in [6.07, 6.45) is 0. The van der Waals surface area contributed by atoms with Crippen LogP contribution in [0.1, 0.15) is 40.1 Å². The van der Waals surface area contributed by atoms with Gasteiger partial charge in [-0.15, -0.1) is 0 Å². The number of anilines is 1. The Hall–Kier alpha value is -3.13. The Morgan fingerprint density at radius 2 is 1.58 bits per heavy atom. The Balaban J connectivity index is 2.62. The third kappa shape index (κ3) is 3.75. The summed E-state index contributed by atoms with van der Waals surface area (Å²) in [6, 6.07) is 6.77. The minimum Gasteiger partial charge on any atom is -0.478 e. The molecular formula is C18H21N3O5. The molecule has 5 N–H and O–H groups in total. The largest absolute Gasteiger partial charge is 0.478 e. The number of pyridine rings is 1. The lowest BCUT2D eigenvalue weighted by Crippen LogP contribution is -2.24. The number of H-pyrrole nitrogens is 1. The molecular weight excluding hydrogens is 338 g/mol. The molecule has 0 saturated carbocycles. The first-order chi connectivity index (χ1) is 12.3. The van der Waals surface area contributed by atoms with E-state index < -0.39 is 28.6 Å². The lowest BCUT2D eigenvalue weighted by atomic mass is 9.94. The molecule has 0 aliphatic carbocycles. The van der Waals surface area contributed by atoms with Crippen molar-refractivity contribution >= 4 is 17.8 Å². The zero-order valence-electron chi connectivity index (χ0n) is 14.6. The molecule has 8 nitrogen and oxygen atoms in total. The predicted octanol–water partition coefficient (Wildman–Crippen LogP) is 1.86. The number of hydrogen-bond donors (Lipinski definition) is 4. The van der Waals surface area contributed by atoms with Gasteiger partial charge in [0.05, 0.1) is 0 Å². The summed E-state index contributed by atoms with van der Waals surface area (Å²) in [5, 5.41) is 18.8. The van der Waals surface area contributed by atoms with Crippen LogP contribution in [0.25, 0.3) is 11.1 Å². The highest BCUT2D eigenvalue weighted by molar-refractivity contribution is 6.07. The molecule has 0 aliphatic rings. The second-order valence-corrected chi connectivity index (χ2v) is 5.76. The maximum Gasteiger partial charge on any atom is 0.342 e. The van der Waals surface area contributed by atoms with Crippen molar-refractivity contribution in [3.63, 3.8) is 0 Å². The van der Waals surface area contributed by atoms with E-state index in [1.807, 2.05) is 0 Å². The molecule has 1 heterocycles. The van der Waals surface area contributed by atoms with Gasteiger partial charge in [-0.3, -0.25) is 9.69 Å². The molecule has 0 radical (unpaired) electrons. The summed E-state index contributed by atoms with van der Waals surface area (Å²) < 4.78 is 0. The maximum absolute atomic E-state index is 12.0.